The van der Waals surface area contributed by atoms with Gasteiger partial charge < -0.3 is 29.5 Å². The number of ether oxygens (including phenoxy) is 3. The molecule has 5 aliphatic rings. The lowest BCUT2D eigenvalue weighted by Crippen LogP contribution is -2.63. The fraction of sp³-hybridized carbons (Fsp3) is 0.742. The smallest absolute Gasteiger partial charge is 0.325 e. The summed E-state index contributed by atoms with van der Waals surface area (Å²) in [5.74, 6) is -1.87. The molecule has 0 bridgehead atoms. The Labute approximate surface area is 255 Å². The lowest BCUT2D eigenvalue weighted by atomic mass is 9.46. The first kappa shape index (κ1) is 32.2. The van der Waals surface area contributed by atoms with Crippen LogP contribution >= 0.6 is 0 Å². The topological polar surface area (TPSA) is 181 Å². The maximum atomic E-state index is 14.1. The van der Waals surface area contributed by atoms with Gasteiger partial charge in [-0.3, -0.25) is 19.2 Å². The molecule has 9 atom stereocenters. The summed E-state index contributed by atoms with van der Waals surface area (Å²) in [6.07, 6.45) is 7.03. The molecule has 1 saturated heterocycles. The lowest BCUT2D eigenvalue weighted by molar-refractivity contribution is -0.757. The van der Waals surface area contributed by atoms with Crippen molar-refractivity contribution in [3.63, 3.8) is 0 Å². The Morgan fingerprint density at radius 3 is 2.77 bits per heavy atom. The highest BCUT2D eigenvalue weighted by atomic mass is 16.9. The molecule has 0 aromatic rings. The van der Waals surface area contributed by atoms with Crippen molar-refractivity contribution in [1.82, 2.24) is 5.32 Å². The van der Waals surface area contributed by atoms with Crippen LogP contribution in [0.4, 0.5) is 0 Å². The number of ketones is 2. The molecular weight excluding hydrogens is 576 g/mol. The van der Waals surface area contributed by atoms with E-state index < -0.39 is 70.8 Å². The van der Waals surface area contributed by atoms with Crippen LogP contribution in [0.2, 0.25) is 0 Å². The Kier molecular flexibility index (Phi) is 9.03. The van der Waals surface area contributed by atoms with Crippen LogP contribution in [0.15, 0.2) is 23.8 Å². The largest absolute Gasteiger partial charge is 0.456 e. The van der Waals surface area contributed by atoms with Gasteiger partial charge in [-0.05, 0) is 62.5 Å². The molecule has 13 heteroatoms. The molecule has 13 nitrogen and oxygen atoms in total. The summed E-state index contributed by atoms with van der Waals surface area (Å²) in [5.41, 5.74) is -1.63. The summed E-state index contributed by atoms with van der Waals surface area (Å²) in [5, 5.41) is 23.4. The van der Waals surface area contributed by atoms with Crippen molar-refractivity contribution in [2.45, 2.75) is 96.2 Å². The number of esters is 1. The lowest BCUT2D eigenvalue weighted by Gasteiger charge is -2.59. The zero-order valence-electron chi connectivity index (χ0n) is 25.5. The molecule has 4 fully saturated rings. The van der Waals surface area contributed by atoms with E-state index in [0.717, 1.165) is 24.8 Å². The second kappa shape index (κ2) is 12.3. The molecule has 0 aromatic heterocycles. The normalized spacial score (nSPS) is 38.5. The van der Waals surface area contributed by atoms with Gasteiger partial charge in [0.05, 0.1) is 18.8 Å². The van der Waals surface area contributed by atoms with Crippen molar-refractivity contribution in [2.24, 2.45) is 28.6 Å². The third-order valence-electron chi connectivity index (χ3n) is 10.8. The standard InChI is InChI=1S/C31H42N2O11/c1-4-6-27-43-24-14-21-20-9-8-18-13-19(34)10-11-29(18,2)28(20)22(35)15-30(21,3)31(24,44-27)23(36)17-41-26(38)16-32-25(37)7-5-12-42-33(39)40/h10-11,13,20-22,24,27-28,35H,4-9,12,14-17H2,1-3H3,(H,32,37)/t20-,21-,22-,24+,27?,28+,29-,30-,31+/m0/s1. The first-order chi connectivity index (χ1) is 20.9. The van der Waals surface area contributed by atoms with Gasteiger partial charge in [0, 0.05) is 23.2 Å². The number of aliphatic hydroxyl groups is 1. The number of Topliss-reactive ketones (excluding diaryl/α,β-unsaturated/α-hetero) is 1. The molecule has 5 rings (SSSR count). The van der Waals surface area contributed by atoms with Gasteiger partial charge in [-0.2, -0.15) is 0 Å². The third-order valence-corrected chi connectivity index (χ3v) is 10.8. The molecule has 242 valence electrons. The molecule has 4 aliphatic carbocycles. The predicted octanol–water partition coefficient (Wildman–Crippen LogP) is 2.37. The van der Waals surface area contributed by atoms with Crippen LogP contribution in [0.5, 0.6) is 0 Å². The second-order valence-electron chi connectivity index (χ2n) is 13.2. The van der Waals surface area contributed by atoms with E-state index in [2.05, 4.69) is 17.1 Å². The summed E-state index contributed by atoms with van der Waals surface area (Å²) < 4.78 is 18.2. The van der Waals surface area contributed by atoms with E-state index in [1.54, 1.807) is 12.2 Å². The van der Waals surface area contributed by atoms with Crippen LogP contribution < -0.4 is 5.32 Å². The van der Waals surface area contributed by atoms with Crippen LogP contribution in [0.1, 0.15) is 72.1 Å². The zero-order chi connectivity index (χ0) is 31.9. The number of carbonyl (C=O) groups excluding carboxylic acids is 4. The van der Waals surface area contributed by atoms with Gasteiger partial charge in [-0.25, -0.2) is 0 Å². The van der Waals surface area contributed by atoms with Gasteiger partial charge in [0.2, 0.25) is 11.7 Å². The van der Waals surface area contributed by atoms with E-state index in [4.69, 9.17) is 14.2 Å². The molecule has 1 amide bonds. The Bertz CT molecular complexity index is 1260. The molecule has 1 aliphatic heterocycles. The highest BCUT2D eigenvalue weighted by Gasteiger charge is 2.75. The number of nitrogens with zero attached hydrogens (tertiary/aromatic N) is 1. The Balaban J connectivity index is 1.30. The van der Waals surface area contributed by atoms with E-state index in [9.17, 15) is 34.4 Å². The molecule has 0 radical (unpaired) electrons. The summed E-state index contributed by atoms with van der Waals surface area (Å²) >= 11 is 0. The Morgan fingerprint density at radius 1 is 1.27 bits per heavy atom. The van der Waals surface area contributed by atoms with Gasteiger partial charge >= 0.3 is 5.97 Å². The van der Waals surface area contributed by atoms with Crippen LogP contribution in [0, 0.1) is 38.7 Å². The van der Waals surface area contributed by atoms with Crippen molar-refractivity contribution in [1.29, 1.82) is 0 Å². The summed E-state index contributed by atoms with van der Waals surface area (Å²) in [7, 11) is 0. The summed E-state index contributed by atoms with van der Waals surface area (Å²) in [4.78, 5) is 65.1. The molecular formula is C31H42N2O11. The van der Waals surface area contributed by atoms with E-state index in [1.807, 2.05) is 19.9 Å². The minimum absolute atomic E-state index is 0.00823. The number of hydrogen-bond donors (Lipinski definition) is 2. The number of fused-ring (bicyclic) bond motifs is 7. The number of aliphatic hydroxyl groups excluding tert-OH is 1. The third kappa shape index (κ3) is 5.47. The fourth-order valence-electron chi connectivity index (χ4n) is 8.94. The average Bonchev–Trinajstić information content (AvgIpc) is 3.45. The molecule has 0 aromatic carbocycles. The van der Waals surface area contributed by atoms with E-state index in [0.29, 0.717) is 12.8 Å². The van der Waals surface area contributed by atoms with Gasteiger partial charge in [-0.1, -0.05) is 38.8 Å². The highest BCUT2D eigenvalue weighted by Crippen LogP contribution is 2.69. The van der Waals surface area contributed by atoms with E-state index >= 15 is 0 Å². The first-order valence-corrected chi connectivity index (χ1v) is 15.5. The number of amides is 1. The fourth-order valence-corrected chi connectivity index (χ4v) is 8.94. The van der Waals surface area contributed by atoms with Crippen molar-refractivity contribution < 1.29 is 48.4 Å². The maximum absolute atomic E-state index is 14.1. The molecule has 0 spiro atoms. The number of allylic oxidation sites excluding steroid dienone is 4. The minimum Gasteiger partial charge on any atom is -0.456 e. The van der Waals surface area contributed by atoms with Crippen molar-refractivity contribution >= 4 is 23.4 Å². The maximum Gasteiger partial charge on any atom is 0.325 e. The first-order valence-electron chi connectivity index (χ1n) is 15.5. The summed E-state index contributed by atoms with van der Waals surface area (Å²) in [6, 6.07) is 0. The van der Waals surface area contributed by atoms with Gasteiger partial charge in [-0.15, -0.1) is 10.1 Å². The number of carbonyl (C=O) groups is 4. The average molecular weight is 619 g/mol. The van der Waals surface area contributed by atoms with E-state index in [-0.39, 0.29) is 49.4 Å². The molecule has 44 heavy (non-hydrogen) atoms. The summed E-state index contributed by atoms with van der Waals surface area (Å²) in [6.45, 7) is 4.78. The zero-order valence-corrected chi connectivity index (χ0v) is 25.5. The SMILES string of the molecule is CCCC1O[C@@H]2C[C@H]3[C@@H]4CCC5=CC(=O)C=C[C@]5(C)[C@H]4[C@@H](O)C[C@]3(C)[C@]2(C(=O)COC(=O)CNC(=O)CCCO[N+](=O)[O-])O1. The Hall–Kier alpha value is -3.16. The number of nitrogens with one attached hydrogen (secondary N) is 1. The van der Waals surface area contributed by atoms with Gasteiger partial charge in [0.15, 0.2) is 24.3 Å². The number of hydrogen-bond acceptors (Lipinski definition) is 11. The van der Waals surface area contributed by atoms with Crippen molar-refractivity contribution in [3.05, 3.63) is 33.9 Å². The Morgan fingerprint density at radius 2 is 2.05 bits per heavy atom. The van der Waals surface area contributed by atoms with Gasteiger partial charge in [0.1, 0.15) is 6.54 Å². The van der Waals surface area contributed by atoms with Crippen LogP contribution in [0.3, 0.4) is 0 Å². The molecule has 1 unspecified atom stereocenters. The van der Waals surface area contributed by atoms with E-state index in [1.165, 1.54) is 0 Å². The van der Waals surface area contributed by atoms with Crippen LogP contribution in [-0.2, 0) is 38.2 Å². The van der Waals surface area contributed by atoms with Gasteiger partial charge in [0.25, 0.3) is 5.09 Å². The second-order valence-corrected chi connectivity index (χ2v) is 13.2. The highest BCUT2D eigenvalue weighted by molar-refractivity contribution is 6.01. The molecule has 2 N–H and O–H groups in total. The van der Waals surface area contributed by atoms with Crippen molar-refractivity contribution in [3.8, 4) is 0 Å². The van der Waals surface area contributed by atoms with Crippen molar-refractivity contribution in [2.75, 3.05) is 19.8 Å². The quantitative estimate of drug-likeness (QED) is 0.142. The predicted molar refractivity (Wildman–Crippen MR) is 152 cm³/mol. The minimum atomic E-state index is -1.42. The molecule has 1 heterocycles. The monoisotopic (exact) mass is 618 g/mol. The van der Waals surface area contributed by atoms with Crippen LogP contribution in [0.25, 0.3) is 0 Å². The number of rotatable bonds is 12. The van der Waals surface area contributed by atoms with Crippen LogP contribution in [-0.4, -0.2) is 77.5 Å². The molecule has 3 saturated carbocycles.